The Bertz CT molecular complexity index is 438. The van der Waals surface area contributed by atoms with Gasteiger partial charge in [0, 0.05) is 6.54 Å². The molecule has 1 aromatic carbocycles. The number of methoxy groups -OCH3 is 2. The van der Waals surface area contributed by atoms with Crippen LogP contribution in [-0.2, 0) is 6.42 Å². The van der Waals surface area contributed by atoms with Crippen LogP contribution in [0.4, 0.5) is 0 Å². The fraction of sp³-hybridized carbons (Fsp3) is 0.500. The van der Waals surface area contributed by atoms with E-state index in [1.54, 1.807) is 14.2 Å². The zero-order chi connectivity index (χ0) is 13.5. The molecule has 0 aliphatic heterocycles. The monoisotopic (exact) mass is 248 g/mol. The Labute approximate surface area is 109 Å². The number of benzene rings is 1. The molecule has 0 amide bonds. The topological polar surface area (TPSA) is 54.3 Å². The van der Waals surface area contributed by atoms with E-state index < -0.39 is 0 Å². The van der Waals surface area contributed by atoms with Crippen LogP contribution in [0, 0.1) is 18.3 Å². The number of hydrogen-bond donors (Lipinski definition) is 1. The number of ether oxygens (including phenoxy) is 2. The van der Waals surface area contributed by atoms with Crippen molar-refractivity contribution < 1.29 is 9.47 Å². The lowest BCUT2D eigenvalue weighted by Crippen LogP contribution is -2.26. The molecule has 0 bridgehead atoms. The van der Waals surface area contributed by atoms with Gasteiger partial charge in [0.2, 0.25) is 0 Å². The van der Waals surface area contributed by atoms with Gasteiger partial charge in [-0.1, -0.05) is 0 Å². The molecule has 1 rings (SSSR count). The molecule has 0 saturated heterocycles. The van der Waals surface area contributed by atoms with E-state index in [0.29, 0.717) is 0 Å². The predicted molar refractivity (Wildman–Crippen MR) is 71.1 cm³/mol. The minimum atomic E-state index is -0.120. The molecule has 18 heavy (non-hydrogen) atoms. The lowest BCUT2D eigenvalue weighted by atomic mass is 10.0. The molecular weight excluding hydrogens is 228 g/mol. The van der Waals surface area contributed by atoms with Gasteiger partial charge >= 0.3 is 0 Å². The molecule has 0 fully saturated rings. The minimum absolute atomic E-state index is 0.120. The molecule has 0 aliphatic carbocycles. The Morgan fingerprint density at radius 2 is 1.89 bits per heavy atom. The molecule has 1 aromatic rings. The van der Waals surface area contributed by atoms with Crippen LogP contribution < -0.4 is 14.8 Å². The SMILES string of the molecule is COc1cc(C)c(CCNC(C)C#N)cc1OC. The Hall–Kier alpha value is -1.73. The number of aryl methyl sites for hydroxylation is 1. The van der Waals surface area contributed by atoms with Crippen LogP contribution in [-0.4, -0.2) is 26.8 Å². The van der Waals surface area contributed by atoms with Crippen LogP contribution in [0.25, 0.3) is 0 Å². The van der Waals surface area contributed by atoms with Crippen LogP contribution in [0.3, 0.4) is 0 Å². The van der Waals surface area contributed by atoms with Gasteiger partial charge in [0.05, 0.1) is 26.3 Å². The van der Waals surface area contributed by atoms with E-state index in [4.69, 9.17) is 14.7 Å². The second-order valence-electron chi connectivity index (χ2n) is 4.19. The van der Waals surface area contributed by atoms with Crippen LogP contribution in [0.2, 0.25) is 0 Å². The Morgan fingerprint density at radius 1 is 1.28 bits per heavy atom. The molecule has 0 saturated carbocycles. The first-order valence-corrected chi connectivity index (χ1v) is 5.96. The number of nitrogens with one attached hydrogen (secondary N) is 1. The molecule has 98 valence electrons. The van der Waals surface area contributed by atoms with Crippen molar-refractivity contribution >= 4 is 0 Å². The molecule has 1 N–H and O–H groups in total. The van der Waals surface area contributed by atoms with Crippen LogP contribution in [0.15, 0.2) is 12.1 Å². The number of nitrogens with zero attached hydrogens (tertiary/aromatic N) is 1. The molecule has 1 unspecified atom stereocenters. The Morgan fingerprint density at radius 3 is 2.44 bits per heavy atom. The molecule has 4 heteroatoms. The zero-order valence-corrected chi connectivity index (χ0v) is 11.4. The van der Waals surface area contributed by atoms with E-state index in [-0.39, 0.29) is 6.04 Å². The van der Waals surface area contributed by atoms with E-state index in [9.17, 15) is 0 Å². The van der Waals surface area contributed by atoms with E-state index in [2.05, 4.69) is 11.4 Å². The van der Waals surface area contributed by atoms with Gasteiger partial charge in [-0.05, 0) is 43.5 Å². The molecule has 0 aromatic heterocycles. The van der Waals surface area contributed by atoms with Crippen molar-refractivity contribution in [2.75, 3.05) is 20.8 Å². The lowest BCUT2D eigenvalue weighted by molar-refractivity contribution is 0.354. The summed E-state index contributed by atoms with van der Waals surface area (Å²) in [4.78, 5) is 0. The molecule has 4 nitrogen and oxygen atoms in total. The molecule has 0 heterocycles. The number of nitriles is 1. The highest BCUT2D eigenvalue weighted by molar-refractivity contribution is 5.47. The van der Waals surface area contributed by atoms with Crippen molar-refractivity contribution in [2.24, 2.45) is 0 Å². The van der Waals surface area contributed by atoms with Gasteiger partial charge in [-0.15, -0.1) is 0 Å². The van der Waals surface area contributed by atoms with Gasteiger partial charge in [-0.25, -0.2) is 0 Å². The average Bonchev–Trinajstić information content (AvgIpc) is 2.39. The smallest absolute Gasteiger partial charge is 0.161 e. The van der Waals surface area contributed by atoms with Crippen molar-refractivity contribution in [2.45, 2.75) is 26.3 Å². The molecule has 0 radical (unpaired) electrons. The Kier molecular flexibility index (Phi) is 5.47. The fourth-order valence-electron chi connectivity index (χ4n) is 1.76. The van der Waals surface area contributed by atoms with E-state index in [1.807, 2.05) is 26.0 Å². The Balaban J connectivity index is 2.74. The second-order valence-corrected chi connectivity index (χ2v) is 4.19. The van der Waals surface area contributed by atoms with Crippen LogP contribution in [0.1, 0.15) is 18.1 Å². The van der Waals surface area contributed by atoms with Crippen LogP contribution >= 0.6 is 0 Å². The summed E-state index contributed by atoms with van der Waals surface area (Å²) in [6, 6.07) is 6.00. The quantitative estimate of drug-likeness (QED) is 0.837. The van der Waals surface area contributed by atoms with Gasteiger partial charge in [-0.2, -0.15) is 5.26 Å². The first-order valence-electron chi connectivity index (χ1n) is 5.96. The molecule has 0 spiro atoms. The van der Waals surface area contributed by atoms with Crippen molar-refractivity contribution in [1.82, 2.24) is 5.32 Å². The maximum atomic E-state index is 8.69. The zero-order valence-electron chi connectivity index (χ0n) is 11.4. The molecule has 0 aliphatic rings. The first-order chi connectivity index (χ1) is 8.62. The first kappa shape index (κ1) is 14.3. The fourth-order valence-corrected chi connectivity index (χ4v) is 1.76. The van der Waals surface area contributed by atoms with Crippen molar-refractivity contribution in [3.05, 3.63) is 23.3 Å². The summed E-state index contributed by atoms with van der Waals surface area (Å²) in [5.41, 5.74) is 2.37. The number of rotatable bonds is 6. The van der Waals surface area contributed by atoms with E-state index in [0.717, 1.165) is 24.5 Å². The summed E-state index contributed by atoms with van der Waals surface area (Å²) < 4.78 is 10.5. The lowest BCUT2D eigenvalue weighted by Gasteiger charge is -2.13. The van der Waals surface area contributed by atoms with Crippen LogP contribution in [0.5, 0.6) is 11.5 Å². The largest absolute Gasteiger partial charge is 0.493 e. The summed E-state index contributed by atoms with van der Waals surface area (Å²) >= 11 is 0. The third kappa shape index (κ3) is 3.64. The summed E-state index contributed by atoms with van der Waals surface area (Å²) in [6.07, 6.45) is 0.859. The normalized spacial score (nSPS) is 11.7. The maximum Gasteiger partial charge on any atom is 0.161 e. The third-order valence-corrected chi connectivity index (χ3v) is 2.88. The highest BCUT2D eigenvalue weighted by Gasteiger charge is 2.08. The third-order valence-electron chi connectivity index (χ3n) is 2.88. The van der Waals surface area contributed by atoms with Gasteiger partial charge < -0.3 is 14.8 Å². The summed E-state index contributed by atoms with van der Waals surface area (Å²) in [7, 11) is 3.26. The van der Waals surface area contributed by atoms with Crippen molar-refractivity contribution in [3.63, 3.8) is 0 Å². The van der Waals surface area contributed by atoms with Gasteiger partial charge in [0.25, 0.3) is 0 Å². The number of hydrogen-bond acceptors (Lipinski definition) is 4. The van der Waals surface area contributed by atoms with Gasteiger partial charge in [0.1, 0.15) is 0 Å². The maximum absolute atomic E-state index is 8.69. The standard InChI is InChI=1S/C14H20N2O2/c1-10-7-13(17-3)14(18-4)8-12(10)5-6-16-11(2)9-15/h7-8,11,16H,5-6H2,1-4H3. The van der Waals surface area contributed by atoms with Gasteiger partial charge in [-0.3, -0.25) is 0 Å². The van der Waals surface area contributed by atoms with Gasteiger partial charge in [0.15, 0.2) is 11.5 Å². The summed E-state index contributed by atoms with van der Waals surface area (Å²) in [5.74, 6) is 1.49. The average molecular weight is 248 g/mol. The minimum Gasteiger partial charge on any atom is -0.493 e. The van der Waals surface area contributed by atoms with Crippen molar-refractivity contribution in [1.29, 1.82) is 5.26 Å². The predicted octanol–water partition coefficient (Wildman–Crippen LogP) is 2.06. The summed E-state index contributed by atoms with van der Waals surface area (Å²) in [5, 5.41) is 11.8. The molecule has 1 atom stereocenters. The molecular formula is C14H20N2O2. The summed E-state index contributed by atoms with van der Waals surface area (Å²) in [6.45, 7) is 4.66. The second kappa shape index (κ2) is 6.87. The van der Waals surface area contributed by atoms with E-state index in [1.165, 1.54) is 11.1 Å². The van der Waals surface area contributed by atoms with Crippen molar-refractivity contribution in [3.8, 4) is 17.6 Å². The van der Waals surface area contributed by atoms with E-state index >= 15 is 0 Å². The highest BCUT2D eigenvalue weighted by Crippen LogP contribution is 2.30. The highest BCUT2D eigenvalue weighted by atomic mass is 16.5.